The Morgan fingerprint density at radius 1 is 1.24 bits per heavy atom. The molecule has 1 aromatic heterocycles. The summed E-state index contributed by atoms with van der Waals surface area (Å²) in [7, 11) is 1.48. The van der Waals surface area contributed by atoms with Crippen molar-refractivity contribution in [3.63, 3.8) is 0 Å². The molecule has 0 spiro atoms. The van der Waals surface area contributed by atoms with Crippen LogP contribution >= 0.6 is 0 Å². The number of amides is 1. The van der Waals surface area contributed by atoms with Gasteiger partial charge in [0.15, 0.2) is 18.1 Å². The molecule has 0 aliphatic rings. The number of benzene rings is 1. The van der Waals surface area contributed by atoms with Crippen LogP contribution in [0.4, 0.5) is 0 Å². The molecule has 1 atom stereocenters. The molecular formula is C21H28N2O6. The van der Waals surface area contributed by atoms with Crippen molar-refractivity contribution in [3.8, 4) is 11.5 Å². The normalized spacial score (nSPS) is 11.6. The summed E-state index contributed by atoms with van der Waals surface area (Å²) in [6, 6.07) is 4.74. The van der Waals surface area contributed by atoms with Gasteiger partial charge in [0, 0.05) is 6.04 Å². The minimum Gasteiger partial charge on any atom is -0.493 e. The molecule has 0 aliphatic carbocycles. The van der Waals surface area contributed by atoms with Crippen LogP contribution in [-0.4, -0.2) is 36.8 Å². The minimum atomic E-state index is -0.612. The molecule has 0 saturated heterocycles. The Morgan fingerprint density at radius 2 is 2.00 bits per heavy atom. The highest BCUT2D eigenvalue weighted by Crippen LogP contribution is 2.29. The van der Waals surface area contributed by atoms with Gasteiger partial charge in [0.2, 0.25) is 0 Å². The third kappa shape index (κ3) is 6.23. The fraction of sp³-hybridized carbons (Fsp3) is 0.476. The maximum Gasteiger partial charge on any atom is 0.338 e. The summed E-state index contributed by atoms with van der Waals surface area (Å²) >= 11 is 0. The van der Waals surface area contributed by atoms with Crippen molar-refractivity contribution in [1.82, 2.24) is 10.5 Å². The summed E-state index contributed by atoms with van der Waals surface area (Å²) in [6.07, 6.45) is 1.83. The van der Waals surface area contributed by atoms with Crippen molar-refractivity contribution in [2.24, 2.45) is 0 Å². The van der Waals surface area contributed by atoms with Gasteiger partial charge in [0.1, 0.15) is 12.4 Å². The molecule has 0 bridgehead atoms. The van der Waals surface area contributed by atoms with E-state index >= 15 is 0 Å². The Kier molecular flexibility index (Phi) is 8.06. The number of ether oxygens (including phenoxy) is 3. The Bertz CT molecular complexity index is 826. The maximum absolute atomic E-state index is 12.3. The number of rotatable bonds is 10. The lowest BCUT2D eigenvalue weighted by atomic mass is 10.2. The van der Waals surface area contributed by atoms with Gasteiger partial charge < -0.3 is 24.1 Å². The van der Waals surface area contributed by atoms with E-state index in [0.717, 1.165) is 24.1 Å². The molecule has 8 heteroatoms. The smallest absolute Gasteiger partial charge is 0.338 e. The largest absolute Gasteiger partial charge is 0.493 e. The van der Waals surface area contributed by atoms with Crippen molar-refractivity contribution in [3.05, 3.63) is 40.8 Å². The zero-order valence-electron chi connectivity index (χ0n) is 17.5. The van der Waals surface area contributed by atoms with E-state index in [0.29, 0.717) is 17.3 Å². The van der Waals surface area contributed by atoms with Gasteiger partial charge in [-0.3, -0.25) is 4.79 Å². The van der Waals surface area contributed by atoms with Crippen molar-refractivity contribution >= 4 is 11.9 Å². The van der Waals surface area contributed by atoms with Gasteiger partial charge in [0.05, 0.1) is 23.9 Å². The monoisotopic (exact) mass is 404 g/mol. The molecule has 1 N–H and O–H groups in total. The van der Waals surface area contributed by atoms with Crippen LogP contribution in [0, 0.1) is 13.8 Å². The van der Waals surface area contributed by atoms with E-state index in [9.17, 15) is 9.59 Å². The highest BCUT2D eigenvalue weighted by molar-refractivity contribution is 5.92. The molecule has 8 nitrogen and oxygen atoms in total. The highest BCUT2D eigenvalue weighted by Gasteiger charge is 2.16. The molecule has 1 aromatic carbocycles. The number of aryl methyl sites for hydroxylation is 2. The lowest BCUT2D eigenvalue weighted by Crippen LogP contribution is -2.35. The molecule has 0 unspecified atom stereocenters. The summed E-state index contributed by atoms with van der Waals surface area (Å²) in [6.45, 7) is 7.53. The lowest BCUT2D eigenvalue weighted by molar-refractivity contribution is -0.124. The molecule has 1 heterocycles. The Labute approximate surface area is 170 Å². The van der Waals surface area contributed by atoms with Gasteiger partial charge in [-0.05, 0) is 45.4 Å². The Balaban J connectivity index is 1.96. The summed E-state index contributed by atoms with van der Waals surface area (Å²) in [5.41, 5.74) is 1.88. The number of carbonyl (C=O) groups excluding carboxylic acids is 2. The Morgan fingerprint density at radius 3 is 2.62 bits per heavy atom. The SMILES string of the molecule is CCC[C@@H](C)NC(=O)COC(=O)c1ccc(OCc2c(C)noc2C)c(OC)c1. The van der Waals surface area contributed by atoms with E-state index in [-0.39, 0.29) is 30.7 Å². The van der Waals surface area contributed by atoms with Crippen molar-refractivity contribution < 1.29 is 28.3 Å². The van der Waals surface area contributed by atoms with E-state index in [1.165, 1.54) is 13.2 Å². The number of methoxy groups -OCH3 is 1. The number of carbonyl (C=O) groups is 2. The van der Waals surface area contributed by atoms with E-state index in [4.69, 9.17) is 18.7 Å². The van der Waals surface area contributed by atoms with Gasteiger partial charge in [-0.2, -0.15) is 0 Å². The van der Waals surface area contributed by atoms with Crippen LogP contribution in [0.15, 0.2) is 22.7 Å². The second-order valence-corrected chi connectivity index (χ2v) is 6.79. The summed E-state index contributed by atoms with van der Waals surface area (Å²) in [4.78, 5) is 24.1. The first-order chi connectivity index (χ1) is 13.8. The topological polar surface area (TPSA) is 99.9 Å². The van der Waals surface area contributed by atoms with Gasteiger partial charge in [0.25, 0.3) is 5.91 Å². The summed E-state index contributed by atoms with van der Waals surface area (Å²) in [5, 5.41) is 6.68. The van der Waals surface area contributed by atoms with Crippen LogP contribution in [0.25, 0.3) is 0 Å². The predicted molar refractivity (Wildman–Crippen MR) is 106 cm³/mol. The standard InChI is InChI=1S/C21H28N2O6/c1-6-7-13(2)22-20(24)12-28-21(25)16-8-9-18(19(10-16)26-5)27-11-17-14(3)23-29-15(17)4/h8-10,13H,6-7,11-12H2,1-5H3,(H,22,24)/t13-/m1/s1. The van der Waals surface area contributed by atoms with E-state index in [1.807, 2.05) is 27.7 Å². The van der Waals surface area contributed by atoms with Gasteiger partial charge in [-0.25, -0.2) is 4.79 Å². The van der Waals surface area contributed by atoms with Crippen molar-refractivity contribution in [2.45, 2.75) is 53.2 Å². The number of nitrogens with one attached hydrogen (secondary N) is 1. The zero-order valence-corrected chi connectivity index (χ0v) is 17.5. The van der Waals surface area contributed by atoms with E-state index in [2.05, 4.69) is 10.5 Å². The molecule has 1 amide bonds. The first-order valence-electron chi connectivity index (χ1n) is 9.54. The molecule has 0 fully saturated rings. The highest BCUT2D eigenvalue weighted by atomic mass is 16.5. The minimum absolute atomic E-state index is 0.0421. The van der Waals surface area contributed by atoms with E-state index < -0.39 is 5.97 Å². The number of hydrogen-bond donors (Lipinski definition) is 1. The molecule has 2 rings (SSSR count). The molecule has 0 radical (unpaired) electrons. The second kappa shape index (κ2) is 10.5. The first-order valence-corrected chi connectivity index (χ1v) is 9.54. The van der Waals surface area contributed by atoms with Crippen LogP contribution in [-0.2, 0) is 16.1 Å². The molecule has 0 saturated carbocycles. The number of esters is 1. The number of hydrogen-bond acceptors (Lipinski definition) is 7. The van der Waals surface area contributed by atoms with Crippen LogP contribution < -0.4 is 14.8 Å². The summed E-state index contributed by atoms with van der Waals surface area (Å²) < 4.78 is 21.3. The maximum atomic E-state index is 12.3. The van der Waals surface area contributed by atoms with Crippen molar-refractivity contribution in [2.75, 3.05) is 13.7 Å². The summed E-state index contributed by atoms with van der Waals surface area (Å²) in [5.74, 6) is 0.597. The van der Waals surface area contributed by atoms with Crippen LogP contribution in [0.1, 0.15) is 54.1 Å². The molecular weight excluding hydrogens is 376 g/mol. The van der Waals surface area contributed by atoms with Crippen molar-refractivity contribution in [1.29, 1.82) is 0 Å². The van der Waals surface area contributed by atoms with Gasteiger partial charge in [-0.1, -0.05) is 18.5 Å². The first kappa shape index (κ1) is 22.3. The Hall–Kier alpha value is -3.03. The third-order valence-electron chi connectivity index (χ3n) is 4.42. The van der Waals surface area contributed by atoms with Gasteiger partial charge in [-0.15, -0.1) is 0 Å². The van der Waals surface area contributed by atoms with Crippen LogP contribution in [0.3, 0.4) is 0 Å². The number of aromatic nitrogens is 1. The number of nitrogens with zero attached hydrogens (tertiary/aromatic N) is 1. The average Bonchev–Trinajstić information content (AvgIpc) is 3.02. The quantitative estimate of drug-likeness (QED) is 0.606. The average molecular weight is 404 g/mol. The van der Waals surface area contributed by atoms with E-state index in [1.54, 1.807) is 12.1 Å². The second-order valence-electron chi connectivity index (χ2n) is 6.79. The lowest BCUT2D eigenvalue weighted by Gasteiger charge is -2.13. The van der Waals surface area contributed by atoms with Gasteiger partial charge >= 0.3 is 5.97 Å². The molecule has 29 heavy (non-hydrogen) atoms. The van der Waals surface area contributed by atoms with Crippen LogP contribution in [0.2, 0.25) is 0 Å². The molecule has 158 valence electrons. The predicted octanol–water partition coefficient (Wildman–Crippen LogP) is 3.34. The third-order valence-corrected chi connectivity index (χ3v) is 4.42. The fourth-order valence-corrected chi connectivity index (χ4v) is 2.81. The van der Waals surface area contributed by atoms with Crippen LogP contribution in [0.5, 0.6) is 11.5 Å². The molecule has 0 aliphatic heterocycles. The fourth-order valence-electron chi connectivity index (χ4n) is 2.81. The molecule has 2 aromatic rings. The zero-order chi connectivity index (χ0) is 21.4.